The highest BCUT2D eigenvalue weighted by atomic mass is 16.5. The maximum Gasteiger partial charge on any atom is 0.262 e. The van der Waals surface area contributed by atoms with E-state index in [1.807, 2.05) is 68.4 Å². The van der Waals surface area contributed by atoms with Gasteiger partial charge in [0, 0.05) is 5.69 Å². The van der Waals surface area contributed by atoms with Crippen molar-refractivity contribution >= 4 is 28.6 Å². The first-order valence-corrected chi connectivity index (χ1v) is 9.50. The molecular formula is C23H25N3O2. The molecule has 0 saturated heterocycles. The summed E-state index contributed by atoms with van der Waals surface area (Å²) in [4.78, 5) is 12.4. The van der Waals surface area contributed by atoms with E-state index in [2.05, 4.69) is 28.0 Å². The molecule has 0 bridgehead atoms. The summed E-state index contributed by atoms with van der Waals surface area (Å²) in [7, 11) is 0. The number of fused-ring (bicyclic) bond motifs is 1. The van der Waals surface area contributed by atoms with Crippen molar-refractivity contribution in [2.24, 2.45) is 5.10 Å². The van der Waals surface area contributed by atoms with Gasteiger partial charge in [0.05, 0.1) is 12.8 Å². The molecule has 0 aromatic heterocycles. The summed E-state index contributed by atoms with van der Waals surface area (Å²) in [6, 6.07) is 21.4. The summed E-state index contributed by atoms with van der Waals surface area (Å²) in [5, 5.41) is 9.66. The van der Waals surface area contributed by atoms with Crippen LogP contribution in [0.25, 0.3) is 10.8 Å². The van der Waals surface area contributed by atoms with E-state index in [1.54, 1.807) is 6.21 Å². The van der Waals surface area contributed by atoms with E-state index in [-0.39, 0.29) is 11.9 Å². The molecule has 3 rings (SSSR count). The minimum absolute atomic E-state index is 0.173. The Hall–Kier alpha value is -3.34. The van der Waals surface area contributed by atoms with Gasteiger partial charge in [-0.1, -0.05) is 43.3 Å². The molecule has 0 heterocycles. The van der Waals surface area contributed by atoms with Crippen molar-refractivity contribution in [3.05, 3.63) is 72.3 Å². The predicted molar refractivity (Wildman–Crippen MR) is 115 cm³/mol. The van der Waals surface area contributed by atoms with Crippen LogP contribution in [-0.2, 0) is 4.79 Å². The number of anilines is 1. The second-order valence-corrected chi connectivity index (χ2v) is 6.40. The van der Waals surface area contributed by atoms with Crippen LogP contribution in [0.1, 0.15) is 25.8 Å². The van der Waals surface area contributed by atoms with Gasteiger partial charge in [-0.05, 0) is 60.0 Å². The number of carbonyl (C=O) groups is 1. The Bertz CT molecular complexity index is 951. The number of hydrogen-bond donors (Lipinski definition) is 2. The summed E-state index contributed by atoms with van der Waals surface area (Å²) in [5.41, 5.74) is 4.43. The van der Waals surface area contributed by atoms with Crippen molar-refractivity contribution in [3.63, 3.8) is 0 Å². The van der Waals surface area contributed by atoms with Crippen molar-refractivity contribution < 1.29 is 9.53 Å². The molecule has 3 aromatic rings. The molecule has 28 heavy (non-hydrogen) atoms. The maximum absolute atomic E-state index is 12.4. The smallest absolute Gasteiger partial charge is 0.262 e. The molecule has 0 aliphatic rings. The summed E-state index contributed by atoms with van der Waals surface area (Å²) in [6.07, 6.45) is 2.30. The lowest BCUT2D eigenvalue weighted by atomic mass is 10.1. The number of amides is 1. The average molecular weight is 375 g/mol. The number of nitrogens with zero attached hydrogens (tertiary/aromatic N) is 1. The summed E-state index contributed by atoms with van der Waals surface area (Å²) < 4.78 is 5.44. The van der Waals surface area contributed by atoms with E-state index in [0.29, 0.717) is 13.0 Å². The molecule has 0 aliphatic heterocycles. The maximum atomic E-state index is 12.4. The first-order chi connectivity index (χ1) is 13.7. The lowest BCUT2D eigenvalue weighted by Crippen LogP contribution is -2.36. The molecule has 0 unspecified atom stereocenters. The summed E-state index contributed by atoms with van der Waals surface area (Å²) >= 11 is 0. The molecule has 0 fully saturated rings. The number of carbonyl (C=O) groups excluding carboxylic acids is 1. The number of hydrogen-bond acceptors (Lipinski definition) is 4. The van der Waals surface area contributed by atoms with E-state index in [4.69, 9.17) is 4.74 Å². The monoisotopic (exact) mass is 375 g/mol. The second-order valence-electron chi connectivity index (χ2n) is 6.40. The van der Waals surface area contributed by atoms with Gasteiger partial charge in [0.1, 0.15) is 11.8 Å². The SMILES string of the molecule is CCOc1ccc(N[C@H](CC)C(=O)NN=Cc2ccc3ccccc3c2)cc1. The van der Waals surface area contributed by atoms with Gasteiger partial charge >= 0.3 is 0 Å². The van der Waals surface area contributed by atoms with Crippen molar-refractivity contribution in [2.75, 3.05) is 11.9 Å². The minimum atomic E-state index is -0.369. The van der Waals surface area contributed by atoms with Gasteiger partial charge in [-0.2, -0.15) is 5.10 Å². The van der Waals surface area contributed by atoms with Gasteiger partial charge in [0.15, 0.2) is 0 Å². The van der Waals surface area contributed by atoms with Gasteiger partial charge in [0.25, 0.3) is 5.91 Å². The van der Waals surface area contributed by atoms with Gasteiger partial charge in [-0.3, -0.25) is 4.79 Å². The molecule has 5 nitrogen and oxygen atoms in total. The number of nitrogens with one attached hydrogen (secondary N) is 2. The van der Waals surface area contributed by atoms with Gasteiger partial charge in [-0.15, -0.1) is 0 Å². The van der Waals surface area contributed by atoms with Crippen molar-refractivity contribution in [1.82, 2.24) is 5.43 Å². The number of benzene rings is 3. The minimum Gasteiger partial charge on any atom is -0.494 e. The molecule has 144 valence electrons. The van der Waals surface area contributed by atoms with Crippen LogP contribution in [0.3, 0.4) is 0 Å². The van der Waals surface area contributed by atoms with E-state index < -0.39 is 0 Å². The highest BCUT2D eigenvalue weighted by Gasteiger charge is 2.15. The molecule has 0 spiro atoms. The summed E-state index contributed by atoms with van der Waals surface area (Å²) in [6.45, 7) is 4.53. The van der Waals surface area contributed by atoms with Crippen LogP contribution in [0, 0.1) is 0 Å². The third-order valence-corrected chi connectivity index (χ3v) is 4.39. The first kappa shape index (κ1) is 19.4. The molecular weight excluding hydrogens is 350 g/mol. The Morgan fingerprint density at radius 2 is 1.79 bits per heavy atom. The molecule has 0 saturated carbocycles. The quantitative estimate of drug-likeness (QED) is 0.447. The molecule has 1 atom stereocenters. The third kappa shape index (κ3) is 5.10. The van der Waals surface area contributed by atoms with E-state index in [1.165, 1.54) is 5.39 Å². The third-order valence-electron chi connectivity index (χ3n) is 4.39. The van der Waals surface area contributed by atoms with Crippen LogP contribution in [0.5, 0.6) is 5.75 Å². The van der Waals surface area contributed by atoms with Crippen LogP contribution < -0.4 is 15.5 Å². The highest BCUT2D eigenvalue weighted by molar-refractivity contribution is 5.91. The Balaban J connectivity index is 1.58. The zero-order valence-electron chi connectivity index (χ0n) is 16.2. The zero-order chi connectivity index (χ0) is 19.8. The Morgan fingerprint density at radius 3 is 2.50 bits per heavy atom. The average Bonchev–Trinajstić information content (AvgIpc) is 2.73. The van der Waals surface area contributed by atoms with Crippen LogP contribution in [0.2, 0.25) is 0 Å². The van der Waals surface area contributed by atoms with Gasteiger partial charge in [-0.25, -0.2) is 5.43 Å². The van der Waals surface area contributed by atoms with Gasteiger partial charge < -0.3 is 10.1 Å². The molecule has 3 aromatic carbocycles. The van der Waals surface area contributed by atoms with E-state index >= 15 is 0 Å². The van der Waals surface area contributed by atoms with Crippen molar-refractivity contribution in [3.8, 4) is 5.75 Å². The molecule has 5 heteroatoms. The van der Waals surface area contributed by atoms with Crippen LogP contribution in [0.15, 0.2) is 71.8 Å². The fraction of sp³-hybridized carbons (Fsp3) is 0.217. The van der Waals surface area contributed by atoms with E-state index in [9.17, 15) is 4.79 Å². The van der Waals surface area contributed by atoms with Gasteiger partial charge in [0.2, 0.25) is 0 Å². The fourth-order valence-corrected chi connectivity index (χ4v) is 2.90. The Kier molecular flexibility index (Phi) is 6.63. The Morgan fingerprint density at radius 1 is 1.04 bits per heavy atom. The molecule has 1 amide bonds. The number of ether oxygens (including phenoxy) is 1. The van der Waals surface area contributed by atoms with Crippen LogP contribution >= 0.6 is 0 Å². The summed E-state index contributed by atoms with van der Waals surface area (Å²) in [5.74, 6) is 0.638. The molecule has 0 radical (unpaired) electrons. The second kappa shape index (κ2) is 9.55. The molecule has 0 aliphatic carbocycles. The molecule has 2 N–H and O–H groups in total. The lowest BCUT2D eigenvalue weighted by molar-refractivity contribution is -0.121. The standard InChI is InChI=1S/C23H25N3O2/c1-3-22(25-20-11-13-21(14-12-20)28-4-2)23(27)26-24-16-17-9-10-18-7-5-6-8-19(18)15-17/h5-16,22,25H,3-4H2,1-2H3,(H,26,27)/t22-/m1/s1. The van der Waals surface area contributed by atoms with Crippen molar-refractivity contribution in [2.45, 2.75) is 26.3 Å². The largest absolute Gasteiger partial charge is 0.494 e. The topological polar surface area (TPSA) is 62.7 Å². The zero-order valence-corrected chi connectivity index (χ0v) is 16.2. The van der Waals surface area contributed by atoms with Crippen LogP contribution in [-0.4, -0.2) is 24.8 Å². The number of hydrazone groups is 1. The van der Waals surface area contributed by atoms with Crippen LogP contribution in [0.4, 0.5) is 5.69 Å². The normalized spacial score (nSPS) is 12.1. The lowest BCUT2D eigenvalue weighted by Gasteiger charge is -2.16. The van der Waals surface area contributed by atoms with E-state index in [0.717, 1.165) is 22.4 Å². The van der Waals surface area contributed by atoms with Crippen molar-refractivity contribution in [1.29, 1.82) is 0 Å². The number of rotatable bonds is 8. The Labute approximate surface area is 165 Å². The first-order valence-electron chi connectivity index (χ1n) is 9.50. The fourth-order valence-electron chi connectivity index (χ4n) is 2.90. The highest BCUT2D eigenvalue weighted by Crippen LogP contribution is 2.17. The predicted octanol–water partition coefficient (Wildman–Crippen LogP) is 4.58.